The van der Waals surface area contributed by atoms with Crippen LogP contribution in [0.25, 0.3) is 0 Å². The van der Waals surface area contributed by atoms with E-state index in [4.69, 9.17) is 5.26 Å². The molecule has 0 atom stereocenters. The molecule has 2 rings (SSSR count). The summed E-state index contributed by atoms with van der Waals surface area (Å²) >= 11 is 0. The third kappa shape index (κ3) is 2.36. The molecule has 2 heterocycles. The van der Waals surface area contributed by atoms with Crippen LogP contribution in [0.4, 0.5) is 5.69 Å². The van der Waals surface area contributed by atoms with E-state index in [2.05, 4.69) is 37.0 Å². The van der Waals surface area contributed by atoms with Crippen LogP contribution >= 0.6 is 0 Å². The van der Waals surface area contributed by atoms with Gasteiger partial charge >= 0.3 is 0 Å². The molecule has 0 spiro atoms. The molecular formula is C10H11N7. The quantitative estimate of drug-likeness (QED) is 0.802. The Labute approximate surface area is 97.9 Å². The van der Waals surface area contributed by atoms with Crippen LogP contribution in [0.15, 0.2) is 6.07 Å². The summed E-state index contributed by atoms with van der Waals surface area (Å²) in [6.07, 6.45) is 0. The number of pyridine rings is 1. The van der Waals surface area contributed by atoms with E-state index >= 15 is 0 Å². The second-order valence-corrected chi connectivity index (χ2v) is 3.56. The van der Waals surface area contributed by atoms with E-state index in [9.17, 15) is 0 Å². The molecule has 0 radical (unpaired) electrons. The summed E-state index contributed by atoms with van der Waals surface area (Å²) < 4.78 is 0. The van der Waals surface area contributed by atoms with Gasteiger partial charge in [0.1, 0.15) is 6.07 Å². The first-order chi connectivity index (χ1) is 8.20. The zero-order valence-electron chi connectivity index (χ0n) is 9.52. The summed E-state index contributed by atoms with van der Waals surface area (Å²) in [6, 6.07) is 3.96. The number of aromatic nitrogens is 5. The number of nitriles is 1. The third-order valence-corrected chi connectivity index (χ3v) is 2.27. The summed E-state index contributed by atoms with van der Waals surface area (Å²) in [7, 11) is 0. The molecule has 7 heteroatoms. The topological polar surface area (TPSA) is 103 Å². The van der Waals surface area contributed by atoms with Crippen molar-refractivity contribution in [3.8, 4) is 6.07 Å². The molecule has 0 aliphatic rings. The molecule has 2 aromatic heterocycles. The van der Waals surface area contributed by atoms with Gasteiger partial charge in [0, 0.05) is 5.69 Å². The lowest BCUT2D eigenvalue weighted by atomic mass is 10.1. The number of rotatable bonds is 3. The molecule has 0 saturated carbocycles. The highest BCUT2D eigenvalue weighted by Crippen LogP contribution is 2.18. The average molecular weight is 229 g/mol. The van der Waals surface area contributed by atoms with Crippen molar-refractivity contribution < 1.29 is 0 Å². The lowest BCUT2D eigenvalue weighted by molar-refractivity contribution is 0.881. The number of anilines is 1. The number of aryl methyl sites for hydroxylation is 2. The Morgan fingerprint density at radius 3 is 2.94 bits per heavy atom. The van der Waals surface area contributed by atoms with Crippen LogP contribution in [0, 0.1) is 25.2 Å². The number of H-pyrrole nitrogens is 1. The van der Waals surface area contributed by atoms with Gasteiger partial charge in [-0.25, -0.2) is 0 Å². The number of aromatic amines is 1. The zero-order valence-corrected chi connectivity index (χ0v) is 9.52. The number of hydrogen-bond acceptors (Lipinski definition) is 6. The SMILES string of the molecule is Cc1cc(NCc2nn[nH]n2)c(C#N)c(C)n1. The number of nitrogens with zero attached hydrogens (tertiary/aromatic N) is 5. The summed E-state index contributed by atoms with van der Waals surface area (Å²) in [5.74, 6) is 0.543. The Balaban J connectivity index is 2.23. The molecule has 0 saturated heterocycles. The van der Waals surface area contributed by atoms with Crippen LogP contribution in [0.3, 0.4) is 0 Å². The van der Waals surface area contributed by atoms with Crippen molar-refractivity contribution in [2.75, 3.05) is 5.32 Å². The van der Waals surface area contributed by atoms with Gasteiger partial charge in [-0.1, -0.05) is 5.21 Å². The Bertz CT molecular complexity index is 553. The second kappa shape index (κ2) is 4.57. The number of nitrogens with one attached hydrogen (secondary N) is 2. The van der Waals surface area contributed by atoms with Crippen molar-refractivity contribution in [1.29, 1.82) is 5.26 Å². The van der Waals surface area contributed by atoms with E-state index < -0.39 is 0 Å². The minimum absolute atomic E-state index is 0.411. The molecule has 0 unspecified atom stereocenters. The first-order valence-electron chi connectivity index (χ1n) is 5.05. The van der Waals surface area contributed by atoms with E-state index in [1.54, 1.807) is 0 Å². The van der Waals surface area contributed by atoms with Gasteiger partial charge < -0.3 is 5.32 Å². The van der Waals surface area contributed by atoms with E-state index in [-0.39, 0.29) is 0 Å². The lowest BCUT2D eigenvalue weighted by Crippen LogP contribution is -2.05. The lowest BCUT2D eigenvalue weighted by Gasteiger charge is -2.08. The van der Waals surface area contributed by atoms with Gasteiger partial charge in [-0.3, -0.25) is 4.98 Å². The monoisotopic (exact) mass is 229 g/mol. The molecule has 2 aromatic rings. The van der Waals surface area contributed by atoms with Crippen molar-refractivity contribution >= 4 is 5.69 Å². The molecule has 0 amide bonds. The van der Waals surface area contributed by atoms with E-state index in [0.29, 0.717) is 23.6 Å². The van der Waals surface area contributed by atoms with Gasteiger partial charge in [0.2, 0.25) is 0 Å². The minimum atomic E-state index is 0.411. The van der Waals surface area contributed by atoms with Crippen molar-refractivity contribution in [3.63, 3.8) is 0 Å². The second-order valence-electron chi connectivity index (χ2n) is 3.56. The van der Waals surface area contributed by atoms with Crippen LogP contribution in [-0.4, -0.2) is 25.6 Å². The fourth-order valence-corrected chi connectivity index (χ4v) is 1.54. The highest BCUT2D eigenvalue weighted by atomic mass is 15.5. The van der Waals surface area contributed by atoms with E-state index in [1.807, 2.05) is 19.9 Å². The van der Waals surface area contributed by atoms with Crippen molar-refractivity contribution in [2.45, 2.75) is 20.4 Å². The predicted octanol–water partition coefficient (Wildman–Crippen LogP) is 0.695. The van der Waals surface area contributed by atoms with Crippen LogP contribution in [0.5, 0.6) is 0 Å². The Morgan fingerprint density at radius 1 is 1.47 bits per heavy atom. The van der Waals surface area contributed by atoms with Gasteiger partial charge in [0.05, 0.1) is 23.5 Å². The van der Waals surface area contributed by atoms with Crippen LogP contribution in [0.1, 0.15) is 22.8 Å². The highest BCUT2D eigenvalue weighted by molar-refractivity contribution is 5.59. The minimum Gasteiger partial charge on any atom is -0.376 e. The molecule has 0 aromatic carbocycles. The Hall–Kier alpha value is -2.49. The maximum absolute atomic E-state index is 9.07. The van der Waals surface area contributed by atoms with Gasteiger partial charge in [-0.2, -0.15) is 10.5 Å². The molecule has 0 aliphatic carbocycles. The fourth-order valence-electron chi connectivity index (χ4n) is 1.54. The molecular weight excluding hydrogens is 218 g/mol. The van der Waals surface area contributed by atoms with Gasteiger partial charge in [-0.15, -0.1) is 10.2 Å². The molecule has 0 fully saturated rings. The fraction of sp³-hybridized carbons (Fsp3) is 0.300. The summed E-state index contributed by atoms with van der Waals surface area (Å²) in [4.78, 5) is 4.24. The molecule has 7 nitrogen and oxygen atoms in total. The van der Waals surface area contributed by atoms with Gasteiger partial charge in [-0.05, 0) is 19.9 Å². The smallest absolute Gasteiger partial charge is 0.193 e. The standard InChI is InChI=1S/C10H11N7/c1-6-3-9(8(4-11)7(2)13-6)12-5-10-14-16-17-15-10/h3H,5H2,1-2H3,(H,12,13)(H,14,15,16,17). The Kier molecular flexibility index (Phi) is 2.96. The number of tetrazole rings is 1. The van der Waals surface area contributed by atoms with Crippen LogP contribution < -0.4 is 5.32 Å². The first kappa shape index (κ1) is 11.0. The summed E-state index contributed by atoms with van der Waals surface area (Å²) in [6.45, 7) is 4.10. The van der Waals surface area contributed by atoms with Crippen molar-refractivity contribution in [3.05, 3.63) is 28.8 Å². The summed E-state index contributed by atoms with van der Waals surface area (Å²) in [5, 5.41) is 25.6. The molecule has 0 bridgehead atoms. The highest BCUT2D eigenvalue weighted by Gasteiger charge is 2.08. The maximum atomic E-state index is 9.07. The summed E-state index contributed by atoms with van der Waals surface area (Å²) in [5.41, 5.74) is 2.85. The van der Waals surface area contributed by atoms with Crippen molar-refractivity contribution in [2.24, 2.45) is 0 Å². The van der Waals surface area contributed by atoms with Crippen LogP contribution in [-0.2, 0) is 6.54 Å². The Morgan fingerprint density at radius 2 is 2.29 bits per heavy atom. The molecule has 2 N–H and O–H groups in total. The maximum Gasteiger partial charge on any atom is 0.193 e. The third-order valence-electron chi connectivity index (χ3n) is 2.27. The molecule has 0 aliphatic heterocycles. The van der Waals surface area contributed by atoms with E-state index in [0.717, 1.165) is 11.4 Å². The number of hydrogen-bond donors (Lipinski definition) is 2. The average Bonchev–Trinajstić information content (AvgIpc) is 2.78. The predicted molar refractivity (Wildman–Crippen MR) is 59.9 cm³/mol. The molecule has 86 valence electrons. The van der Waals surface area contributed by atoms with Crippen molar-refractivity contribution in [1.82, 2.24) is 25.6 Å². The normalized spacial score (nSPS) is 9.94. The zero-order chi connectivity index (χ0) is 12.3. The van der Waals surface area contributed by atoms with Crippen LogP contribution in [0.2, 0.25) is 0 Å². The van der Waals surface area contributed by atoms with E-state index in [1.165, 1.54) is 0 Å². The first-order valence-corrected chi connectivity index (χ1v) is 5.05. The van der Waals surface area contributed by atoms with Gasteiger partial charge in [0.25, 0.3) is 0 Å². The van der Waals surface area contributed by atoms with Gasteiger partial charge in [0.15, 0.2) is 5.82 Å². The molecule has 17 heavy (non-hydrogen) atoms. The largest absolute Gasteiger partial charge is 0.376 e.